The molecule has 1 aliphatic carbocycles. The predicted molar refractivity (Wildman–Crippen MR) is 184 cm³/mol. The molecule has 8 rings (SSSR count). The van der Waals surface area contributed by atoms with Crippen molar-refractivity contribution in [2.75, 3.05) is 27.3 Å². The van der Waals surface area contributed by atoms with Gasteiger partial charge in [-0.1, -0.05) is 140 Å². The van der Waals surface area contributed by atoms with Gasteiger partial charge in [-0.05, 0) is 27.8 Å². The monoisotopic (exact) mass is 652 g/mol. The first-order chi connectivity index (χ1) is 24.0. The van der Waals surface area contributed by atoms with Crippen LogP contribution in [0, 0.1) is 0 Å². The smallest absolute Gasteiger partial charge is 0.411 e. The van der Waals surface area contributed by atoms with Gasteiger partial charge in [-0.2, -0.15) is 0 Å². The summed E-state index contributed by atoms with van der Waals surface area (Å²) in [6, 6.07) is 46.2. The summed E-state index contributed by atoms with van der Waals surface area (Å²) in [5.41, 5.74) is 7.00. The summed E-state index contributed by atoms with van der Waals surface area (Å²) >= 11 is 0. The van der Waals surface area contributed by atoms with Gasteiger partial charge in [0, 0.05) is 17.7 Å². The average Bonchev–Trinajstić information content (AvgIpc) is 4.11. The van der Waals surface area contributed by atoms with E-state index in [0.29, 0.717) is 13.1 Å². The lowest BCUT2D eigenvalue weighted by atomic mass is 9.76. The van der Waals surface area contributed by atoms with Crippen LogP contribution >= 0.6 is 0 Å². The first-order valence-electron chi connectivity index (χ1n) is 16.2. The van der Waals surface area contributed by atoms with E-state index in [9.17, 15) is 14.4 Å². The van der Waals surface area contributed by atoms with Crippen molar-refractivity contribution in [1.29, 1.82) is 0 Å². The minimum atomic E-state index is -0.525. The SMILES string of the molecule is COC(=O)[C@@H]1CN1C(=O)OC1c2ccccc2-c2ccccc21.COC(=O)[C@@H]1CN1C(c1ccccc1)(c1ccccc1)c1ccccc1. The molecule has 2 saturated heterocycles. The molecule has 0 saturated carbocycles. The third-order valence-corrected chi connectivity index (χ3v) is 9.41. The van der Waals surface area contributed by atoms with Crippen LogP contribution in [0.25, 0.3) is 11.1 Å². The quantitative estimate of drug-likeness (QED) is 0.0850. The summed E-state index contributed by atoms with van der Waals surface area (Å²) in [5.74, 6) is -0.591. The molecule has 1 amide bonds. The lowest BCUT2D eigenvalue weighted by molar-refractivity contribution is -0.141. The summed E-state index contributed by atoms with van der Waals surface area (Å²) in [6.07, 6.45) is -0.925. The number of benzene rings is 5. The first-order valence-corrected chi connectivity index (χ1v) is 16.2. The Kier molecular flexibility index (Phi) is 8.72. The molecular weight excluding hydrogens is 616 g/mol. The number of rotatable bonds is 7. The highest BCUT2D eigenvalue weighted by Crippen LogP contribution is 2.48. The molecule has 0 spiro atoms. The van der Waals surface area contributed by atoms with Gasteiger partial charge in [0.05, 0.1) is 26.3 Å². The second-order valence-electron chi connectivity index (χ2n) is 12.1. The van der Waals surface area contributed by atoms with E-state index in [0.717, 1.165) is 38.9 Å². The third kappa shape index (κ3) is 5.85. The lowest BCUT2D eigenvalue weighted by Gasteiger charge is -2.38. The molecule has 0 bridgehead atoms. The van der Waals surface area contributed by atoms with Gasteiger partial charge in [0.25, 0.3) is 0 Å². The van der Waals surface area contributed by atoms with Crippen LogP contribution in [0.4, 0.5) is 4.79 Å². The van der Waals surface area contributed by atoms with Gasteiger partial charge in [-0.15, -0.1) is 0 Å². The second-order valence-corrected chi connectivity index (χ2v) is 12.1. The summed E-state index contributed by atoms with van der Waals surface area (Å²) in [5, 5.41) is 0. The molecule has 49 heavy (non-hydrogen) atoms. The van der Waals surface area contributed by atoms with E-state index in [1.807, 2.05) is 103 Å². The number of amides is 1. The van der Waals surface area contributed by atoms with E-state index < -0.39 is 29.7 Å². The van der Waals surface area contributed by atoms with Gasteiger partial charge in [-0.25, -0.2) is 9.59 Å². The van der Waals surface area contributed by atoms with Crippen molar-refractivity contribution in [3.05, 3.63) is 167 Å². The highest BCUT2D eigenvalue weighted by Gasteiger charge is 2.56. The van der Waals surface area contributed by atoms with Gasteiger partial charge in [-0.3, -0.25) is 14.6 Å². The molecule has 3 aliphatic rings. The average molecular weight is 653 g/mol. The molecule has 5 aromatic rings. The Morgan fingerprint density at radius 1 is 0.551 bits per heavy atom. The molecule has 8 heteroatoms. The van der Waals surface area contributed by atoms with E-state index in [1.165, 1.54) is 19.1 Å². The molecule has 2 fully saturated rings. The highest BCUT2D eigenvalue weighted by molar-refractivity contribution is 5.87. The number of fused-ring (bicyclic) bond motifs is 3. The maximum atomic E-state index is 12.3. The Balaban J connectivity index is 0.000000155. The van der Waals surface area contributed by atoms with Crippen molar-refractivity contribution in [2.24, 2.45) is 0 Å². The molecule has 3 atom stereocenters. The van der Waals surface area contributed by atoms with Crippen molar-refractivity contribution < 1.29 is 28.6 Å². The van der Waals surface area contributed by atoms with Crippen LogP contribution in [0.5, 0.6) is 0 Å². The molecule has 0 aromatic heterocycles. The Hall–Kier alpha value is -5.73. The maximum Gasteiger partial charge on any atom is 0.411 e. The largest absolute Gasteiger partial charge is 0.468 e. The van der Waals surface area contributed by atoms with Crippen molar-refractivity contribution in [3.8, 4) is 11.1 Å². The maximum absolute atomic E-state index is 12.3. The van der Waals surface area contributed by atoms with Gasteiger partial charge in [0.2, 0.25) is 0 Å². The molecule has 1 unspecified atom stereocenters. The molecule has 0 radical (unpaired) electrons. The molecule has 246 valence electrons. The van der Waals surface area contributed by atoms with E-state index in [4.69, 9.17) is 9.47 Å². The number of methoxy groups -OCH3 is 2. The van der Waals surface area contributed by atoms with Crippen LogP contribution in [-0.2, 0) is 29.3 Å². The molecule has 2 heterocycles. The van der Waals surface area contributed by atoms with Crippen LogP contribution in [-0.4, -0.2) is 67.2 Å². The zero-order valence-corrected chi connectivity index (χ0v) is 27.3. The molecular formula is C41H36N2O6. The molecule has 8 nitrogen and oxygen atoms in total. The fraction of sp³-hybridized carbons (Fsp3) is 0.195. The Morgan fingerprint density at radius 3 is 1.41 bits per heavy atom. The number of esters is 2. The first kappa shape index (κ1) is 31.8. The number of nitrogens with zero attached hydrogens (tertiary/aromatic N) is 2. The minimum absolute atomic E-state index is 0.183. The topological polar surface area (TPSA) is 84.9 Å². The zero-order chi connectivity index (χ0) is 34.0. The molecule has 5 aromatic carbocycles. The number of hydrogen-bond donors (Lipinski definition) is 0. The Labute approximate surface area is 285 Å². The summed E-state index contributed by atoms with van der Waals surface area (Å²) in [6.45, 7) is 1.02. The Morgan fingerprint density at radius 2 is 0.959 bits per heavy atom. The fourth-order valence-electron chi connectivity index (χ4n) is 6.97. The molecule has 2 aliphatic heterocycles. The number of carbonyl (C=O) groups is 3. The van der Waals surface area contributed by atoms with Crippen molar-refractivity contribution in [1.82, 2.24) is 9.80 Å². The normalized spacial score (nSPS) is 18.6. The number of ether oxygens (including phenoxy) is 3. The number of hydrogen-bond acceptors (Lipinski definition) is 7. The standard InChI is InChI=1S/C23H21NO2.C18H15NO4/c1-26-22(25)21-17-24(21)23(18-11-5-2-6-12-18,19-13-7-3-8-14-19)20-15-9-4-10-16-20;1-22-17(20)15-10-19(15)18(21)23-16-13-8-4-2-6-11(13)12-7-3-5-9-14(12)16/h2-16,21H,17H2,1H3;2-9,15-16H,10H2,1H3/t21-,24?;15-,19?/m00/s1. The highest BCUT2D eigenvalue weighted by atomic mass is 16.6. The van der Waals surface area contributed by atoms with Gasteiger partial charge < -0.3 is 14.2 Å². The Bertz CT molecular complexity index is 1820. The van der Waals surface area contributed by atoms with Crippen LogP contribution in [0.1, 0.15) is 33.9 Å². The van der Waals surface area contributed by atoms with Crippen LogP contribution < -0.4 is 0 Å². The summed E-state index contributed by atoms with van der Waals surface area (Å²) < 4.78 is 15.4. The van der Waals surface area contributed by atoms with E-state index in [-0.39, 0.29) is 12.0 Å². The van der Waals surface area contributed by atoms with Crippen LogP contribution in [0.15, 0.2) is 140 Å². The van der Waals surface area contributed by atoms with E-state index in [2.05, 4.69) is 46.0 Å². The van der Waals surface area contributed by atoms with Crippen molar-refractivity contribution >= 4 is 18.0 Å². The van der Waals surface area contributed by atoms with Crippen molar-refractivity contribution in [3.63, 3.8) is 0 Å². The number of carbonyl (C=O) groups excluding carboxylic acids is 3. The second kappa shape index (κ2) is 13.4. The van der Waals surface area contributed by atoms with Gasteiger partial charge in [0.15, 0.2) is 12.1 Å². The van der Waals surface area contributed by atoms with Crippen LogP contribution in [0.2, 0.25) is 0 Å². The summed E-state index contributed by atoms with van der Waals surface area (Å²) in [4.78, 5) is 39.6. The van der Waals surface area contributed by atoms with Gasteiger partial charge in [0.1, 0.15) is 6.04 Å². The summed E-state index contributed by atoms with van der Waals surface area (Å²) in [7, 11) is 2.77. The zero-order valence-electron chi connectivity index (χ0n) is 27.3. The van der Waals surface area contributed by atoms with Crippen LogP contribution in [0.3, 0.4) is 0 Å². The lowest BCUT2D eigenvalue weighted by Crippen LogP contribution is -2.40. The predicted octanol–water partition coefficient (Wildman–Crippen LogP) is 6.59. The van der Waals surface area contributed by atoms with Crippen molar-refractivity contribution in [2.45, 2.75) is 23.7 Å². The fourth-order valence-corrected chi connectivity index (χ4v) is 6.97. The minimum Gasteiger partial charge on any atom is -0.468 e. The van der Waals surface area contributed by atoms with E-state index in [1.54, 1.807) is 0 Å². The molecule has 0 N–H and O–H groups in total. The van der Waals surface area contributed by atoms with Gasteiger partial charge >= 0.3 is 18.0 Å². The third-order valence-electron chi connectivity index (χ3n) is 9.41. The van der Waals surface area contributed by atoms with E-state index >= 15 is 0 Å².